The predicted molar refractivity (Wildman–Crippen MR) is 349 cm³/mol. The molecule has 2 saturated heterocycles. The van der Waals surface area contributed by atoms with Crippen LogP contribution in [-0.2, 0) is 52.2 Å². The number of hydrogen-bond acceptors (Lipinski definition) is 16. The Bertz CT molecular complexity index is 2680. The molecule has 4 aliphatic heterocycles. The zero-order valence-corrected chi connectivity index (χ0v) is 56.1. The summed E-state index contributed by atoms with van der Waals surface area (Å²) in [7, 11) is 0. The Morgan fingerprint density at radius 1 is 0.539 bits per heavy atom. The minimum Gasteiger partial charge on any atom is -0.504 e. The van der Waals surface area contributed by atoms with Crippen LogP contribution in [0.5, 0.6) is 23.0 Å². The molecule has 496 valence electrons. The fraction of sp³-hybridized carbons (Fsp3) is 0.778. The lowest BCUT2D eigenvalue weighted by Crippen LogP contribution is -2.76. The quantitative estimate of drug-likeness (QED) is 0.0196. The SMILES string of the molecule is CCCCCCCCCCCCCCOC(=O)OCI.CCCCCCCCCCCCCCOC(=O)OCOc1ccc2c3c1O[C@H]1C(=O)CC[C@@]4(O)C(C2)N(CC2CC2)CC[C@]314.O=C1CC[C@@]2(O)C3Cc4ccc(O)c5c4[C@@]2(CCN3CC2CC2)[C@H]1O5. The van der Waals surface area contributed by atoms with Crippen LogP contribution in [0.3, 0.4) is 0 Å². The van der Waals surface area contributed by atoms with Crippen molar-refractivity contribution in [3.63, 3.8) is 0 Å². The van der Waals surface area contributed by atoms with Crippen molar-refractivity contribution in [1.29, 1.82) is 0 Å². The Labute approximate surface area is 544 Å². The van der Waals surface area contributed by atoms with E-state index >= 15 is 0 Å². The van der Waals surface area contributed by atoms with E-state index in [0.29, 0.717) is 67.2 Å². The van der Waals surface area contributed by atoms with Crippen LogP contribution in [-0.4, -0.2) is 135 Å². The summed E-state index contributed by atoms with van der Waals surface area (Å²) in [5.74, 6) is 3.15. The van der Waals surface area contributed by atoms with Crippen LogP contribution in [0.15, 0.2) is 24.3 Å². The number of benzene rings is 2. The number of phenolic OH excluding ortho intramolecular Hbond substituents is 1. The summed E-state index contributed by atoms with van der Waals surface area (Å²) in [5.41, 5.74) is 0.762. The molecule has 2 aromatic rings. The van der Waals surface area contributed by atoms with Crippen LogP contribution in [0, 0.1) is 11.8 Å². The Morgan fingerprint density at radius 3 is 1.38 bits per heavy atom. The number of nitrogens with zero attached hydrogens (tertiary/aromatic N) is 2. The molecule has 2 aromatic carbocycles. The van der Waals surface area contributed by atoms with Gasteiger partial charge in [-0.3, -0.25) is 19.4 Å². The highest BCUT2D eigenvalue weighted by molar-refractivity contribution is 14.1. The van der Waals surface area contributed by atoms with Crippen LogP contribution < -0.4 is 14.2 Å². The third-order valence-corrected chi connectivity index (χ3v) is 22.4. The van der Waals surface area contributed by atoms with E-state index in [1.807, 2.05) is 40.8 Å². The van der Waals surface area contributed by atoms with Gasteiger partial charge in [-0.2, -0.15) is 0 Å². The minimum absolute atomic E-state index is 0.00974. The molecular weight excluding hydrogens is 1240 g/mol. The number of likely N-dealkylation sites (tertiary alicyclic amines) is 2. The maximum absolute atomic E-state index is 13.2. The molecule has 16 nitrogen and oxygen atoms in total. The normalized spacial score (nSPS) is 28.0. The van der Waals surface area contributed by atoms with Crippen LogP contribution in [0.1, 0.15) is 254 Å². The Kier molecular flexibility index (Phi) is 24.3. The molecule has 2 spiro atoms. The second-order valence-corrected chi connectivity index (χ2v) is 28.7. The molecule has 2 unspecified atom stereocenters. The van der Waals surface area contributed by atoms with Crippen molar-refractivity contribution >= 4 is 46.5 Å². The molecule has 6 aliphatic carbocycles. The second kappa shape index (κ2) is 31.8. The Morgan fingerprint density at radius 2 is 0.944 bits per heavy atom. The van der Waals surface area contributed by atoms with Crippen LogP contribution >= 0.6 is 22.6 Å². The smallest absolute Gasteiger partial charge is 0.504 e. The van der Waals surface area contributed by atoms with Crippen LogP contribution in [0.25, 0.3) is 0 Å². The van der Waals surface area contributed by atoms with Gasteiger partial charge >= 0.3 is 12.3 Å². The van der Waals surface area contributed by atoms with Gasteiger partial charge in [0.15, 0.2) is 46.8 Å². The number of ether oxygens (including phenoxy) is 7. The van der Waals surface area contributed by atoms with Crippen molar-refractivity contribution in [2.75, 3.05) is 50.8 Å². The van der Waals surface area contributed by atoms with Crippen molar-refractivity contribution in [2.45, 2.75) is 291 Å². The number of unbranched alkanes of at least 4 members (excludes halogenated alkanes) is 22. The molecule has 3 N–H and O–H groups in total. The summed E-state index contributed by atoms with van der Waals surface area (Å²) in [4.78, 5) is 54.0. The maximum atomic E-state index is 13.2. The summed E-state index contributed by atoms with van der Waals surface area (Å²) in [6.07, 6.45) is 37.9. The lowest BCUT2D eigenvalue weighted by molar-refractivity contribution is -0.188. The third kappa shape index (κ3) is 15.2. The van der Waals surface area contributed by atoms with Crippen molar-refractivity contribution in [3.05, 3.63) is 46.5 Å². The molecule has 4 saturated carbocycles. The Hall–Kier alpha value is -3.91. The number of hydrogen-bond donors (Lipinski definition) is 3. The molecular formula is C72H107IN2O14. The number of carbonyl (C=O) groups is 4. The van der Waals surface area contributed by atoms with Crippen LogP contribution in [0.4, 0.5) is 9.59 Å². The zero-order chi connectivity index (χ0) is 62.4. The number of phenols is 1. The molecule has 0 radical (unpaired) electrons. The monoisotopic (exact) mass is 1350 g/mol. The van der Waals surface area contributed by atoms with E-state index in [1.54, 1.807) is 6.07 Å². The summed E-state index contributed by atoms with van der Waals surface area (Å²) in [6.45, 7) is 8.88. The number of Topliss-reactive ketones (excluding diaryl/α,β-unsaturated/α-hetero) is 2. The topological polar surface area (TPSA) is 200 Å². The van der Waals surface area contributed by atoms with Gasteiger partial charge in [0.05, 0.1) is 35.2 Å². The molecule has 4 heterocycles. The Balaban J connectivity index is 0.000000163. The van der Waals surface area contributed by atoms with E-state index in [1.165, 1.54) is 148 Å². The summed E-state index contributed by atoms with van der Waals surface area (Å²) >= 11 is 1.98. The van der Waals surface area contributed by atoms with Crippen molar-refractivity contribution in [3.8, 4) is 23.0 Å². The van der Waals surface area contributed by atoms with E-state index in [2.05, 4.69) is 28.4 Å². The van der Waals surface area contributed by atoms with Gasteiger partial charge in [0.1, 0.15) is 4.61 Å². The highest BCUT2D eigenvalue weighted by Gasteiger charge is 2.75. The first-order valence-corrected chi connectivity index (χ1v) is 37.0. The molecule has 4 bridgehead atoms. The minimum atomic E-state index is -1.01. The first kappa shape index (κ1) is 68.0. The van der Waals surface area contributed by atoms with E-state index in [0.717, 1.165) is 112 Å². The van der Waals surface area contributed by atoms with Gasteiger partial charge in [-0.05, 0) is 148 Å². The summed E-state index contributed by atoms with van der Waals surface area (Å²) in [6, 6.07) is 7.57. The van der Waals surface area contributed by atoms with E-state index in [-0.39, 0.29) is 36.2 Å². The highest BCUT2D eigenvalue weighted by Crippen LogP contribution is 2.67. The second-order valence-electron chi connectivity index (χ2n) is 28.0. The molecule has 8 atom stereocenters. The van der Waals surface area contributed by atoms with Gasteiger partial charge < -0.3 is 48.5 Å². The average molecular weight is 1350 g/mol. The molecule has 12 rings (SSSR count). The van der Waals surface area contributed by atoms with E-state index in [4.69, 9.17) is 28.4 Å². The van der Waals surface area contributed by atoms with Gasteiger partial charge in [-0.1, -0.05) is 167 Å². The lowest BCUT2D eigenvalue weighted by Gasteiger charge is -2.62. The van der Waals surface area contributed by atoms with Crippen molar-refractivity contribution in [1.82, 2.24) is 9.80 Å². The van der Waals surface area contributed by atoms with Gasteiger partial charge in [-0.25, -0.2) is 9.59 Å². The van der Waals surface area contributed by atoms with Crippen LogP contribution in [0.2, 0.25) is 0 Å². The standard InChI is InChI=1S/C36H53NO7.C20H23NO4.C16H31IO3/c1-2-3-4-5-6-7-8-9-10-11-12-13-22-41-34(39)43-25-42-29-17-16-27-23-30-36(40)19-18-28(38)33-35(36,31(27)32(29)44-33)20-21-37(30)24-26-14-15-26;22-13-4-3-12-9-15-20(24)6-5-14(23)18-19(20,16(12)17(13)25-18)7-8-21(15)10-11-1-2-11;1-2-3-4-5-6-7-8-9-10-11-12-13-14-19-16(18)20-15-17/h16-17,26,30,33,40H,2-15,18-25H2,1H3;3-4,11,15,18,22,24H,1-2,5-10H2;2-15H2,1H3/t30?,33-,35-,36+;15?,18-,19-,20+;/m00./s1. The largest absolute Gasteiger partial charge is 0.511 e. The van der Waals surface area contributed by atoms with Gasteiger partial charge in [0.25, 0.3) is 0 Å². The van der Waals surface area contributed by atoms with Crippen molar-refractivity contribution < 1.29 is 67.7 Å². The molecule has 0 aromatic heterocycles. The number of halogens is 1. The molecule has 0 amide bonds. The third-order valence-electron chi connectivity index (χ3n) is 22.1. The maximum Gasteiger partial charge on any atom is 0.511 e. The van der Waals surface area contributed by atoms with Crippen molar-refractivity contribution in [2.24, 2.45) is 11.8 Å². The summed E-state index contributed by atoms with van der Waals surface area (Å²) < 4.78 is 38.7. The number of ketones is 2. The molecule has 17 heteroatoms. The van der Waals surface area contributed by atoms with Gasteiger partial charge in [0, 0.05) is 49.1 Å². The number of rotatable bonds is 34. The number of aliphatic hydroxyl groups is 2. The first-order valence-electron chi connectivity index (χ1n) is 35.4. The number of carbonyl (C=O) groups excluding carboxylic acids is 4. The zero-order valence-electron chi connectivity index (χ0n) is 54.0. The predicted octanol–water partition coefficient (Wildman–Crippen LogP) is 14.8. The summed E-state index contributed by atoms with van der Waals surface area (Å²) in [5, 5.41) is 34.7. The molecule has 10 aliphatic rings. The number of aromatic hydroxyl groups is 1. The molecule has 6 fully saturated rings. The lowest BCUT2D eigenvalue weighted by atomic mass is 9.49. The molecule has 89 heavy (non-hydrogen) atoms. The fourth-order valence-electron chi connectivity index (χ4n) is 17.1. The van der Waals surface area contributed by atoms with E-state index in [9.17, 15) is 34.5 Å². The average Bonchev–Trinajstić information content (AvgIpc) is 1.62. The van der Waals surface area contributed by atoms with Gasteiger partial charge in [0.2, 0.25) is 6.79 Å². The number of piperidine rings is 2. The first-order chi connectivity index (χ1) is 43.3. The fourth-order valence-corrected chi connectivity index (χ4v) is 17.4. The van der Waals surface area contributed by atoms with E-state index < -0.39 is 46.6 Å². The van der Waals surface area contributed by atoms with Gasteiger partial charge in [-0.15, -0.1) is 0 Å². The number of alkyl halides is 1. The highest BCUT2D eigenvalue weighted by atomic mass is 127.